The van der Waals surface area contributed by atoms with Gasteiger partial charge in [-0.05, 0) is 105 Å². The van der Waals surface area contributed by atoms with E-state index in [2.05, 4.69) is 10.6 Å². The number of anilines is 2. The van der Waals surface area contributed by atoms with E-state index in [-0.39, 0.29) is 89.8 Å². The number of nitrogens with one attached hydrogen (secondary N) is 2. The van der Waals surface area contributed by atoms with Crippen molar-refractivity contribution >= 4 is 41.2 Å². The monoisotopic (exact) mass is 1070 g/mol. The van der Waals surface area contributed by atoms with Crippen molar-refractivity contribution in [2.75, 3.05) is 56.1 Å². The van der Waals surface area contributed by atoms with E-state index < -0.39 is 71.0 Å². The first kappa shape index (κ1) is 53.9. The van der Waals surface area contributed by atoms with E-state index in [1.807, 2.05) is 19.2 Å². The number of rotatable bonds is 13. The van der Waals surface area contributed by atoms with Crippen LogP contribution < -0.4 is 20.4 Å². The highest BCUT2D eigenvalue weighted by molar-refractivity contribution is 6.08. The van der Waals surface area contributed by atoms with Crippen LogP contribution in [0.25, 0.3) is 0 Å². The van der Waals surface area contributed by atoms with Gasteiger partial charge in [-0.2, -0.15) is 36.9 Å². The molecule has 4 heterocycles. The van der Waals surface area contributed by atoms with Crippen molar-refractivity contribution < 1.29 is 59.5 Å². The smallest absolute Gasteiger partial charge is 0.416 e. The quantitative estimate of drug-likeness (QED) is 0.0665. The third-order valence-corrected chi connectivity index (χ3v) is 14.0. The summed E-state index contributed by atoms with van der Waals surface area (Å²) in [7, 11) is 1.88. The van der Waals surface area contributed by atoms with Crippen LogP contribution in [0.2, 0.25) is 0 Å². The van der Waals surface area contributed by atoms with Gasteiger partial charge in [-0.15, -0.1) is 0 Å². The highest BCUT2D eigenvalue weighted by Gasteiger charge is 2.48. The molecule has 78 heavy (non-hydrogen) atoms. The number of nitriles is 2. The zero-order valence-electron chi connectivity index (χ0n) is 42.5. The van der Waals surface area contributed by atoms with Gasteiger partial charge in [-0.25, -0.2) is 14.4 Å². The van der Waals surface area contributed by atoms with E-state index in [1.165, 1.54) is 46.2 Å². The number of esters is 1. The van der Waals surface area contributed by atoms with Crippen LogP contribution in [0.4, 0.5) is 47.3 Å². The summed E-state index contributed by atoms with van der Waals surface area (Å²) in [6.07, 6.45) is -9.50. The third kappa shape index (κ3) is 11.0. The summed E-state index contributed by atoms with van der Waals surface area (Å²) in [6.45, 7) is 5.44. The van der Waals surface area contributed by atoms with Crippen molar-refractivity contribution in [3.63, 3.8) is 0 Å². The molecule has 21 heteroatoms. The number of carbonyl (C=O) groups is 5. The number of carbonyl (C=O) groups excluding carboxylic acids is 5. The van der Waals surface area contributed by atoms with Crippen molar-refractivity contribution in [3.05, 3.63) is 188 Å². The number of hydrogen-bond acceptors (Lipinski definition) is 8. The molecule has 15 nitrogen and oxygen atoms in total. The largest absolute Gasteiger partial charge is 0.456 e. The van der Waals surface area contributed by atoms with Gasteiger partial charge < -0.3 is 29.7 Å². The average molecular weight is 1070 g/mol. The molecule has 5 aromatic rings. The normalized spacial score (nSPS) is 17.9. The Balaban J connectivity index is 1.04. The fourth-order valence-corrected chi connectivity index (χ4v) is 10.1. The molecule has 0 radical (unpaired) electrons. The summed E-state index contributed by atoms with van der Waals surface area (Å²) < 4.78 is 90.0. The number of halogens is 6. The van der Waals surface area contributed by atoms with Gasteiger partial charge in [0.15, 0.2) is 0 Å². The van der Waals surface area contributed by atoms with E-state index in [4.69, 9.17) is 4.74 Å². The SMILES string of the molecule is CC(C)(C)OC(=O)c1ccc(C[N+](C)(CCN2CC3=C(C2=O)[C@@H](c2ccc(C#N)cc2)NC(=O)N3c2cccc(C(F)(F)F)c2)CCN2CC3=C(C2=O)[C@@H](c2ccc(C#N)cc2)NC(=O)N3c2cccc(C(F)(F)F)c2)cc1. The van der Waals surface area contributed by atoms with Crippen molar-refractivity contribution in [3.8, 4) is 12.1 Å². The lowest BCUT2D eigenvalue weighted by Gasteiger charge is -2.37. The number of amides is 6. The molecule has 4 aliphatic rings. The minimum Gasteiger partial charge on any atom is -0.456 e. The van der Waals surface area contributed by atoms with Gasteiger partial charge in [0.25, 0.3) is 11.8 Å². The molecule has 2 N–H and O–H groups in total. The number of alkyl halides is 6. The van der Waals surface area contributed by atoms with Gasteiger partial charge in [-0.3, -0.25) is 19.4 Å². The molecule has 0 saturated heterocycles. The summed E-state index contributed by atoms with van der Waals surface area (Å²) in [5.74, 6) is -1.58. The predicted molar refractivity (Wildman–Crippen MR) is 271 cm³/mol. The molecular formula is C57H50F6N9O6+. The number of hydrogen-bond donors (Lipinski definition) is 2. The highest BCUT2D eigenvalue weighted by Crippen LogP contribution is 2.43. The zero-order chi connectivity index (χ0) is 56.1. The van der Waals surface area contributed by atoms with Crippen LogP contribution in [0, 0.1) is 22.7 Å². The van der Waals surface area contributed by atoms with Crippen LogP contribution in [-0.2, 0) is 33.2 Å². The number of urea groups is 2. The van der Waals surface area contributed by atoms with Crippen LogP contribution in [0.1, 0.15) is 82.2 Å². The average Bonchev–Trinajstić information content (AvgIpc) is 4.12. The zero-order valence-corrected chi connectivity index (χ0v) is 42.5. The molecule has 0 fully saturated rings. The lowest BCUT2D eigenvalue weighted by Crippen LogP contribution is -2.52. The molecule has 0 saturated carbocycles. The number of quaternary nitrogens is 1. The van der Waals surface area contributed by atoms with Crippen LogP contribution in [0.5, 0.6) is 0 Å². The number of nitrogens with zero attached hydrogens (tertiary/aromatic N) is 7. The third-order valence-electron chi connectivity index (χ3n) is 14.0. The standard InChI is InChI=1S/C57H49F6N9O6/c1-55(2,3)78-52(75)39-21-15-36(16-22-39)33-72(4,25-23-68-31-44-46(50(68)73)48(37-17-11-34(29-64)12-18-37)66-53(76)70(44)42-9-5-7-40(27-42)56(58,59)60)26-24-69-32-45-47(51(69)74)49(38-19-13-35(30-65)14-20-38)67-54(77)71(45)43-10-6-8-41(28-43)57(61,62)63/h5-22,27-28,48-49H,23-26,31-33H2,1-4H3,(H-,66,67,76,77)/p+1/t48-,49-/m1/s1. The predicted octanol–water partition coefficient (Wildman–Crippen LogP) is 9.50. The van der Waals surface area contributed by atoms with Crippen LogP contribution >= 0.6 is 0 Å². The lowest BCUT2D eigenvalue weighted by molar-refractivity contribution is -0.921. The molecular weight excluding hydrogens is 1020 g/mol. The first-order valence-corrected chi connectivity index (χ1v) is 24.6. The second-order valence-electron chi connectivity index (χ2n) is 20.6. The Morgan fingerprint density at radius 3 is 1.41 bits per heavy atom. The Labute approximate surface area is 444 Å². The lowest BCUT2D eigenvalue weighted by atomic mass is 9.94. The Bertz CT molecular complexity index is 3210. The second kappa shape index (κ2) is 20.5. The molecule has 4 aliphatic heterocycles. The van der Waals surface area contributed by atoms with E-state index >= 15 is 0 Å². The molecule has 2 atom stereocenters. The van der Waals surface area contributed by atoms with Crippen molar-refractivity contribution in [1.29, 1.82) is 10.5 Å². The number of ether oxygens (including phenoxy) is 1. The van der Waals surface area contributed by atoms with Gasteiger partial charge in [0.1, 0.15) is 12.1 Å². The summed E-state index contributed by atoms with van der Waals surface area (Å²) in [5, 5.41) is 24.6. The van der Waals surface area contributed by atoms with E-state index in [0.29, 0.717) is 22.3 Å². The Morgan fingerprint density at radius 2 is 1.04 bits per heavy atom. The minimum absolute atomic E-state index is 0.00818. The maximum absolute atomic E-state index is 14.9. The van der Waals surface area contributed by atoms with Crippen LogP contribution in [0.15, 0.2) is 144 Å². The second-order valence-corrected chi connectivity index (χ2v) is 20.6. The fourth-order valence-electron chi connectivity index (χ4n) is 10.1. The number of likely N-dealkylation sites (N-methyl/N-ethyl adjacent to an activating group) is 1. The van der Waals surface area contributed by atoms with Gasteiger partial charge >= 0.3 is 30.4 Å². The van der Waals surface area contributed by atoms with E-state index in [0.717, 1.165) is 51.8 Å². The Morgan fingerprint density at radius 1 is 0.628 bits per heavy atom. The molecule has 5 aromatic carbocycles. The molecule has 0 aromatic heterocycles. The molecule has 0 bridgehead atoms. The van der Waals surface area contributed by atoms with Crippen molar-refractivity contribution in [1.82, 2.24) is 20.4 Å². The van der Waals surface area contributed by atoms with Crippen molar-refractivity contribution in [2.24, 2.45) is 0 Å². The van der Waals surface area contributed by atoms with Gasteiger partial charge in [0.05, 0.1) is 132 Å². The summed E-state index contributed by atoms with van der Waals surface area (Å²) >= 11 is 0. The molecule has 0 unspecified atom stereocenters. The molecule has 400 valence electrons. The van der Waals surface area contributed by atoms with Gasteiger partial charge in [-0.1, -0.05) is 48.5 Å². The molecule has 0 spiro atoms. The van der Waals surface area contributed by atoms with Crippen LogP contribution in [-0.4, -0.2) is 96.0 Å². The van der Waals surface area contributed by atoms with E-state index in [1.54, 1.807) is 69.3 Å². The Hall–Kier alpha value is -8.95. The molecule has 6 amide bonds. The van der Waals surface area contributed by atoms with Crippen LogP contribution in [0.3, 0.4) is 0 Å². The first-order chi connectivity index (χ1) is 36.8. The van der Waals surface area contributed by atoms with Gasteiger partial charge in [0.2, 0.25) is 0 Å². The summed E-state index contributed by atoms with van der Waals surface area (Å²) in [6, 6.07) is 27.9. The topological polar surface area (TPSA) is 179 Å². The summed E-state index contributed by atoms with van der Waals surface area (Å²) in [4.78, 5) is 75.9. The minimum atomic E-state index is -4.75. The molecule has 9 rings (SSSR count). The highest BCUT2D eigenvalue weighted by atomic mass is 19.4. The number of benzene rings is 5. The Kier molecular flexibility index (Phi) is 14.2. The molecule has 0 aliphatic carbocycles. The van der Waals surface area contributed by atoms with Gasteiger partial charge in [0, 0.05) is 5.56 Å². The summed E-state index contributed by atoms with van der Waals surface area (Å²) in [5.41, 5.74) is -0.00839. The first-order valence-electron chi connectivity index (χ1n) is 24.6. The fraction of sp³-hybridized carbons (Fsp3) is 0.281. The maximum Gasteiger partial charge on any atom is 0.416 e. The van der Waals surface area contributed by atoms with Crippen molar-refractivity contribution in [2.45, 2.75) is 57.4 Å². The van der Waals surface area contributed by atoms with E-state index in [9.17, 15) is 60.8 Å². The maximum atomic E-state index is 14.9.